The van der Waals surface area contributed by atoms with Crippen LogP contribution < -0.4 is 9.46 Å². The summed E-state index contributed by atoms with van der Waals surface area (Å²) < 4.78 is 49.8. The molecule has 2 atom stereocenters. The van der Waals surface area contributed by atoms with Crippen molar-refractivity contribution in [3.63, 3.8) is 0 Å². The average molecular weight is 713 g/mol. The van der Waals surface area contributed by atoms with Crippen LogP contribution in [0.2, 0.25) is 0 Å². The van der Waals surface area contributed by atoms with Crippen LogP contribution in [0.15, 0.2) is 18.2 Å². The van der Waals surface area contributed by atoms with Gasteiger partial charge in [-0.05, 0) is 62.0 Å². The number of nitriles is 1. The predicted octanol–water partition coefficient (Wildman–Crippen LogP) is 5.47. The van der Waals surface area contributed by atoms with E-state index in [1.807, 2.05) is 0 Å². The maximum absolute atomic E-state index is 14.4. The van der Waals surface area contributed by atoms with Crippen LogP contribution in [-0.4, -0.2) is 86.1 Å². The normalized spacial score (nSPS) is 20.9. The molecule has 0 bridgehead atoms. The molecule has 14 nitrogen and oxygen atoms in total. The molecule has 0 spiro atoms. The van der Waals surface area contributed by atoms with Crippen LogP contribution in [0.4, 0.5) is 10.5 Å². The van der Waals surface area contributed by atoms with E-state index < -0.39 is 23.0 Å². The fraction of sp³-hybridized carbons (Fsp3) is 0.600. The Bertz CT molecular complexity index is 1750. The first kappa shape index (κ1) is 37.1. The lowest BCUT2D eigenvalue weighted by Gasteiger charge is -2.41. The number of fused-ring (bicyclic) bond motifs is 1. The summed E-state index contributed by atoms with van der Waals surface area (Å²) in [4.78, 5) is 32.3. The number of H-pyrrole nitrogens is 1. The van der Waals surface area contributed by atoms with Gasteiger partial charge in [-0.15, -0.1) is 5.10 Å². The number of carbonyl (C=O) groups is 2. The van der Waals surface area contributed by atoms with Gasteiger partial charge in [-0.1, -0.05) is 51.7 Å². The second kappa shape index (κ2) is 17.2. The number of methoxy groups -OCH3 is 1. The SMILES string of the molecule is CCCCC1CC(COC)CC(CCCC)C1OC(=O)c1c(C#N)c(OC(=O)N2CCOCC2)n2nc(-c3ccc(C)c(N[SH](=O)=O)c3)[nH]c12. The van der Waals surface area contributed by atoms with Crippen LogP contribution in [0.3, 0.4) is 0 Å². The van der Waals surface area contributed by atoms with Crippen molar-refractivity contribution in [3.8, 4) is 23.3 Å². The maximum atomic E-state index is 14.4. The van der Waals surface area contributed by atoms with E-state index in [4.69, 9.17) is 18.9 Å². The number of nitrogens with zero attached hydrogens (tertiary/aromatic N) is 4. The van der Waals surface area contributed by atoms with Crippen molar-refractivity contribution in [2.45, 2.75) is 78.2 Å². The number of hydrogen-bond acceptors (Lipinski definition) is 10. The van der Waals surface area contributed by atoms with Gasteiger partial charge < -0.3 is 28.8 Å². The van der Waals surface area contributed by atoms with Gasteiger partial charge in [0.2, 0.25) is 16.8 Å². The Balaban J connectivity index is 1.58. The first-order valence-electron chi connectivity index (χ1n) is 17.5. The second-order valence-corrected chi connectivity index (χ2v) is 14.0. The summed E-state index contributed by atoms with van der Waals surface area (Å²) in [5.41, 5.74) is 1.43. The molecule has 272 valence electrons. The molecule has 2 N–H and O–H groups in total. The number of anilines is 1. The summed E-state index contributed by atoms with van der Waals surface area (Å²) in [6, 6.07) is 7.17. The van der Waals surface area contributed by atoms with Crippen molar-refractivity contribution in [1.29, 1.82) is 5.26 Å². The van der Waals surface area contributed by atoms with Crippen LogP contribution in [-0.2, 0) is 25.1 Å². The van der Waals surface area contributed by atoms with E-state index in [0.717, 1.165) is 51.4 Å². The van der Waals surface area contributed by atoms with Crippen molar-refractivity contribution in [1.82, 2.24) is 19.5 Å². The molecule has 5 rings (SSSR count). The highest BCUT2D eigenvalue weighted by molar-refractivity contribution is 7.73. The highest BCUT2D eigenvalue weighted by atomic mass is 32.2. The van der Waals surface area contributed by atoms with E-state index in [0.29, 0.717) is 55.6 Å². The molecule has 2 aromatic heterocycles. The monoisotopic (exact) mass is 712 g/mol. The number of thiol groups is 1. The number of benzene rings is 1. The molecule has 15 heteroatoms. The number of amides is 1. The largest absolute Gasteiger partial charge is 0.458 e. The van der Waals surface area contributed by atoms with E-state index in [1.165, 1.54) is 9.42 Å². The summed E-state index contributed by atoms with van der Waals surface area (Å²) in [6.07, 6.45) is 6.52. The van der Waals surface area contributed by atoms with Gasteiger partial charge in [-0.25, -0.2) is 18.0 Å². The number of aryl methyl sites for hydroxylation is 1. The third-order valence-electron chi connectivity index (χ3n) is 9.74. The van der Waals surface area contributed by atoms with E-state index in [2.05, 4.69) is 34.7 Å². The molecule has 1 saturated heterocycles. The molecule has 3 heterocycles. The van der Waals surface area contributed by atoms with E-state index in [-0.39, 0.29) is 46.4 Å². The lowest BCUT2D eigenvalue weighted by Crippen LogP contribution is -2.42. The zero-order valence-electron chi connectivity index (χ0n) is 29.2. The van der Waals surface area contributed by atoms with E-state index in [9.17, 15) is 23.3 Å². The van der Waals surface area contributed by atoms with E-state index in [1.54, 1.807) is 32.2 Å². The van der Waals surface area contributed by atoms with Crippen LogP contribution in [0, 0.1) is 36.0 Å². The van der Waals surface area contributed by atoms with Crippen molar-refractivity contribution in [3.05, 3.63) is 34.9 Å². The Kier molecular flexibility index (Phi) is 12.8. The molecule has 50 heavy (non-hydrogen) atoms. The number of aromatic amines is 1. The minimum absolute atomic E-state index is 0.0772. The minimum Gasteiger partial charge on any atom is -0.458 e. The molecule has 0 radical (unpaired) electrons. The number of morpholine rings is 1. The smallest absolute Gasteiger partial charge is 0.416 e. The van der Waals surface area contributed by atoms with Gasteiger partial charge in [0, 0.05) is 32.4 Å². The summed E-state index contributed by atoms with van der Waals surface area (Å²) >= 11 is 0. The molecule has 2 unspecified atom stereocenters. The van der Waals surface area contributed by atoms with Gasteiger partial charge in [0.1, 0.15) is 23.3 Å². The quantitative estimate of drug-likeness (QED) is 0.143. The highest BCUT2D eigenvalue weighted by Gasteiger charge is 2.41. The first-order valence-corrected chi connectivity index (χ1v) is 18.7. The van der Waals surface area contributed by atoms with Crippen LogP contribution in [0.5, 0.6) is 5.88 Å². The fourth-order valence-corrected chi connectivity index (χ4v) is 7.68. The number of nitrogens with one attached hydrogen (secondary N) is 2. The average Bonchev–Trinajstić information content (AvgIpc) is 3.66. The molecule has 1 aliphatic carbocycles. The van der Waals surface area contributed by atoms with Gasteiger partial charge >= 0.3 is 12.1 Å². The van der Waals surface area contributed by atoms with Crippen LogP contribution in [0.25, 0.3) is 17.0 Å². The number of rotatable bonds is 14. The molecule has 2 fully saturated rings. The highest BCUT2D eigenvalue weighted by Crippen LogP contribution is 2.42. The number of unbranched alkanes of at least 4 members (excludes halogenated alkanes) is 2. The Morgan fingerprint density at radius 1 is 1.12 bits per heavy atom. The number of aromatic nitrogens is 3. The van der Waals surface area contributed by atoms with Crippen molar-refractivity contribution < 1.29 is 37.0 Å². The van der Waals surface area contributed by atoms with Crippen LogP contribution >= 0.6 is 0 Å². The second-order valence-electron chi connectivity index (χ2n) is 13.2. The van der Waals surface area contributed by atoms with Gasteiger partial charge in [0.05, 0.1) is 18.9 Å². The number of ether oxygens (including phenoxy) is 4. The van der Waals surface area contributed by atoms with E-state index >= 15 is 0 Å². The predicted molar refractivity (Wildman–Crippen MR) is 187 cm³/mol. The molecule has 1 aromatic carbocycles. The van der Waals surface area contributed by atoms with Crippen molar-refractivity contribution >= 4 is 34.3 Å². The lowest BCUT2D eigenvalue weighted by molar-refractivity contribution is -0.0496. The Morgan fingerprint density at radius 2 is 1.80 bits per heavy atom. The summed E-state index contributed by atoms with van der Waals surface area (Å²) in [5, 5.41) is 15.1. The topological polar surface area (TPSA) is 177 Å². The van der Waals surface area contributed by atoms with Crippen LogP contribution in [0.1, 0.15) is 86.7 Å². The number of esters is 1. The van der Waals surface area contributed by atoms with Gasteiger partial charge in [0.25, 0.3) is 0 Å². The van der Waals surface area contributed by atoms with Gasteiger partial charge in [0.15, 0.2) is 11.5 Å². The summed E-state index contributed by atoms with van der Waals surface area (Å²) in [6.45, 7) is 8.01. The Hall–Kier alpha value is -4.13. The van der Waals surface area contributed by atoms with Crippen molar-refractivity contribution in [2.75, 3.05) is 44.7 Å². The van der Waals surface area contributed by atoms with Gasteiger partial charge in [-0.2, -0.15) is 9.78 Å². The lowest BCUT2D eigenvalue weighted by atomic mass is 9.70. The molecular formula is C35H48N6O8S. The number of hydrogen-bond donors (Lipinski definition) is 3. The molecular weight excluding hydrogens is 664 g/mol. The maximum Gasteiger partial charge on any atom is 0.416 e. The third kappa shape index (κ3) is 8.42. The standard InChI is InChI=1S/C35H48N6O8S/c1-5-7-9-24-17-23(21-46-4)18-25(10-8-6-2)30(24)48-34(42)29-27(20-36)33(49-35(43)40-13-15-47-16-14-40)41-32(29)37-31(38-41)26-12-11-22(3)28(19-26)39-50(44)45/h11-12,19,23-25,30,50H,5-10,13-18,21H2,1-4H3,(H,37,38)(H,39,44,45). The first-order chi connectivity index (χ1) is 24.2. The Labute approximate surface area is 294 Å². The molecule has 1 amide bonds. The van der Waals surface area contributed by atoms with Gasteiger partial charge in [-0.3, -0.25) is 4.72 Å². The molecule has 1 saturated carbocycles. The van der Waals surface area contributed by atoms with Crippen molar-refractivity contribution in [2.24, 2.45) is 17.8 Å². The molecule has 1 aliphatic heterocycles. The molecule has 2 aliphatic rings. The summed E-state index contributed by atoms with van der Waals surface area (Å²) in [7, 11) is -1.20. The summed E-state index contributed by atoms with van der Waals surface area (Å²) in [5.74, 6) is -0.0377. The zero-order chi connectivity index (χ0) is 35.8. The third-order valence-corrected chi connectivity index (χ3v) is 10.2. The Morgan fingerprint density at radius 3 is 2.40 bits per heavy atom. The number of carbonyl (C=O) groups excluding carboxylic acids is 2. The zero-order valence-corrected chi connectivity index (χ0v) is 30.1. The fourth-order valence-electron chi connectivity index (χ4n) is 7.24. The molecule has 3 aromatic rings. The minimum atomic E-state index is -2.92.